The summed E-state index contributed by atoms with van der Waals surface area (Å²) in [5.74, 6) is -0.346. The van der Waals surface area contributed by atoms with Gasteiger partial charge < -0.3 is 16.4 Å². The van der Waals surface area contributed by atoms with Crippen LogP contribution in [0.2, 0.25) is 0 Å². The van der Waals surface area contributed by atoms with Crippen LogP contribution >= 0.6 is 11.3 Å². The van der Waals surface area contributed by atoms with E-state index in [2.05, 4.69) is 10.6 Å². The Morgan fingerprint density at radius 3 is 2.55 bits per heavy atom. The summed E-state index contributed by atoms with van der Waals surface area (Å²) in [7, 11) is 0. The Hall–Kier alpha value is -1.40. The van der Waals surface area contributed by atoms with E-state index in [9.17, 15) is 9.59 Å². The lowest BCUT2D eigenvalue weighted by Crippen LogP contribution is -2.50. The molecule has 2 unspecified atom stereocenters. The Morgan fingerprint density at radius 1 is 1.35 bits per heavy atom. The minimum atomic E-state index is -0.530. The van der Waals surface area contributed by atoms with Crippen molar-refractivity contribution in [2.75, 3.05) is 6.54 Å². The number of nitrogens with two attached hydrogens (primary N) is 1. The molecule has 1 heterocycles. The first kappa shape index (κ1) is 16.7. The monoisotopic (exact) mass is 297 g/mol. The molecule has 0 radical (unpaired) electrons. The first-order chi connectivity index (χ1) is 9.41. The van der Waals surface area contributed by atoms with Gasteiger partial charge in [0.05, 0.1) is 4.88 Å². The second-order valence-corrected chi connectivity index (χ2v) is 6.18. The van der Waals surface area contributed by atoms with Gasteiger partial charge in [-0.3, -0.25) is 9.59 Å². The normalized spacial score (nSPS) is 13.8. The molecule has 1 aromatic heterocycles. The van der Waals surface area contributed by atoms with E-state index in [-0.39, 0.29) is 23.8 Å². The van der Waals surface area contributed by atoms with E-state index in [0.29, 0.717) is 11.4 Å². The standard InChI is InChI=1S/C14H23N3O2S/c1-9(2)12(14(19)16-7-6-10(3)15)17-13(18)11-5-4-8-20-11/h4-5,8-10,12H,6-7,15H2,1-3H3,(H,16,19)(H,17,18). The van der Waals surface area contributed by atoms with Crippen molar-refractivity contribution in [1.82, 2.24) is 10.6 Å². The van der Waals surface area contributed by atoms with Crippen LogP contribution in [0.4, 0.5) is 0 Å². The van der Waals surface area contributed by atoms with Gasteiger partial charge in [-0.05, 0) is 30.7 Å². The summed E-state index contributed by atoms with van der Waals surface area (Å²) in [5, 5.41) is 7.44. The maximum absolute atomic E-state index is 12.1. The van der Waals surface area contributed by atoms with E-state index in [1.807, 2.05) is 32.2 Å². The predicted octanol–water partition coefficient (Wildman–Crippen LogP) is 1.36. The first-order valence-electron chi connectivity index (χ1n) is 6.79. The van der Waals surface area contributed by atoms with Gasteiger partial charge in [0.1, 0.15) is 6.04 Å². The summed E-state index contributed by atoms with van der Waals surface area (Å²) in [6.07, 6.45) is 0.718. The molecule has 0 aliphatic heterocycles. The van der Waals surface area contributed by atoms with Gasteiger partial charge in [-0.15, -0.1) is 11.3 Å². The average molecular weight is 297 g/mol. The minimum Gasteiger partial charge on any atom is -0.354 e. The van der Waals surface area contributed by atoms with Crippen LogP contribution in [0.25, 0.3) is 0 Å². The van der Waals surface area contributed by atoms with Crippen LogP contribution in [0, 0.1) is 5.92 Å². The van der Waals surface area contributed by atoms with Crippen LogP contribution in [0.5, 0.6) is 0 Å². The maximum atomic E-state index is 12.1. The summed E-state index contributed by atoms with van der Waals surface area (Å²) >= 11 is 1.36. The van der Waals surface area contributed by atoms with Crippen LogP contribution in [0.1, 0.15) is 36.9 Å². The van der Waals surface area contributed by atoms with Gasteiger partial charge in [-0.25, -0.2) is 0 Å². The van der Waals surface area contributed by atoms with E-state index in [4.69, 9.17) is 5.73 Å². The molecule has 0 aliphatic rings. The molecule has 0 fully saturated rings. The quantitative estimate of drug-likeness (QED) is 0.710. The number of carbonyl (C=O) groups excluding carboxylic acids is 2. The molecule has 5 nitrogen and oxygen atoms in total. The van der Waals surface area contributed by atoms with E-state index in [1.165, 1.54) is 11.3 Å². The average Bonchev–Trinajstić information content (AvgIpc) is 2.88. The summed E-state index contributed by atoms with van der Waals surface area (Å²) in [6.45, 7) is 6.23. The molecule has 1 rings (SSSR count). The molecule has 0 saturated carbocycles. The Labute approximate surface area is 123 Å². The molecular weight excluding hydrogens is 274 g/mol. The first-order valence-corrected chi connectivity index (χ1v) is 7.67. The minimum absolute atomic E-state index is 0.0224. The van der Waals surface area contributed by atoms with E-state index in [0.717, 1.165) is 6.42 Å². The van der Waals surface area contributed by atoms with Crippen molar-refractivity contribution in [3.63, 3.8) is 0 Å². The second-order valence-electron chi connectivity index (χ2n) is 5.23. The Balaban J connectivity index is 2.55. The van der Waals surface area contributed by atoms with Crippen molar-refractivity contribution in [2.24, 2.45) is 11.7 Å². The Morgan fingerprint density at radius 2 is 2.05 bits per heavy atom. The van der Waals surface area contributed by atoms with Crippen molar-refractivity contribution in [3.05, 3.63) is 22.4 Å². The molecule has 112 valence electrons. The number of rotatable bonds is 7. The highest BCUT2D eigenvalue weighted by Crippen LogP contribution is 2.10. The number of nitrogens with one attached hydrogen (secondary N) is 2. The topological polar surface area (TPSA) is 84.2 Å². The summed E-state index contributed by atoms with van der Waals surface area (Å²) in [5.41, 5.74) is 5.64. The summed E-state index contributed by atoms with van der Waals surface area (Å²) in [4.78, 5) is 24.7. The Bertz CT molecular complexity index is 430. The molecule has 0 spiro atoms. The fourth-order valence-electron chi connectivity index (χ4n) is 1.69. The molecule has 2 amide bonds. The number of amides is 2. The SMILES string of the molecule is CC(N)CCNC(=O)C(NC(=O)c1cccs1)C(C)C. The lowest BCUT2D eigenvalue weighted by molar-refractivity contribution is -0.123. The van der Waals surface area contributed by atoms with Crippen LogP contribution in [-0.4, -0.2) is 30.4 Å². The third-order valence-corrected chi connectivity index (χ3v) is 3.75. The fourth-order valence-corrected chi connectivity index (χ4v) is 2.31. The number of thiophene rings is 1. The Kier molecular flexibility index (Phi) is 6.67. The maximum Gasteiger partial charge on any atom is 0.262 e. The van der Waals surface area contributed by atoms with Crippen LogP contribution in [0.3, 0.4) is 0 Å². The highest BCUT2D eigenvalue weighted by atomic mass is 32.1. The van der Waals surface area contributed by atoms with E-state index in [1.54, 1.807) is 6.07 Å². The van der Waals surface area contributed by atoms with Crippen molar-refractivity contribution >= 4 is 23.2 Å². The largest absolute Gasteiger partial charge is 0.354 e. The number of hydrogen-bond donors (Lipinski definition) is 3. The van der Waals surface area contributed by atoms with Gasteiger partial charge in [-0.1, -0.05) is 19.9 Å². The fraction of sp³-hybridized carbons (Fsp3) is 0.571. The van der Waals surface area contributed by atoms with Gasteiger partial charge >= 0.3 is 0 Å². The number of hydrogen-bond acceptors (Lipinski definition) is 4. The zero-order chi connectivity index (χ0) is 15.1. The highest BCUT2D eigenvalue weighted by molar-refractivity contribution is 7.12. The van der Waals surface area contributed by atoms with Gasteiger partial charge in [0.15, 0.2) is 0 Å². The highest BCUT2D eigenvalue weighted by Gasteiger charge is 2.24. The van der Waals surface area contributed by atoms with Crippen molar-refractivity contribution in [3.8, 4) is 0 Å². The molecule has 0 aromatic carbocycles. The molecular formula is C14H23N3O2S. The van der Waals surface area contributed by atoms with E-state index < -0.39 is 6.04 Å². The van der Waals surface area contributed by atoms with Crippen molar-refractivity contribution in [1.29, 1.82) is 0 Å². The van der Waals surface area contributed by atoms with Crippen molar-refractivity contribution < 1.29 is 9.59 Å². The lowest BCUT2D eigenvalue weighted by Gasteiger charge is -2.21. The molecule has 1 aromatic rings. The zero-order valence-electron chi connectivity index (χ0n) is 12.2. The third-order valence-electron chi connectivity index (χ3n) is 2.88. The molecule has 0 bridgehead atoms. The van der Waals surface area contributed by atoms with Gasteiger partial charge in [0.2, 0.25) is 5.91 Å². The molecule has 20 heavy (non-hydrogen) atoms. The van der Waals surface area contributed by atoms with Gasteiger partial charge in [0.25, 0.3) is 5.91 Å². The zero-order valence-corrected chi connectivity index (χ0v) is 13.0. The van der Waals surface area contributed by atoms with Crippen LogP contribution in [0.15, 0.2) is 17.5 Å². The smallest absolute Gasteiger partial charge is 0.262 e. The molecule has 4 N–H and O–H groups in total. The van der Waals surface area contributed by atoms with Crippen LogP contribution in [-0.2, 0) is 4.79 Å². The molecule has 2 atom stereocenters. The lowest BCUT2D eigenvalue weighted by atomic mass is 10.0. The van der Waals surface area contributed by atoms with Gasteiger partial charge in [0, 0.05) is 12.6 Å². The molecule has 0 aliphatic carbocycles. The third kappa shape index (κ3) is 5.30. The molecule has 6 heteroatoms. The van der Waals surface area contributed by atoms with Crippen molar-refractivity contribution in [2.45, 2.75) is 39.3 Å². The predicted molar refractivity (Wildman–Crippen MR) is 81.7 cm³/mol. The van der Waals surface area contributed by atoms with Crippen LogP contribution < -0.4 is 16.4 Å². The number of carbonyl (C=O) groups is 2. The second kappa shape index (κ2) is 8.01. The van der Waals surface area contributed by atoms with Gasteiger partial charge in [-0.2, -0.15) is 0 Å². The summed E-state index contributed by atoms with van der Waals surface area (Å²) in [6, 6.07) is 3.07. The molecule has 0 saturated heterocycles. The van der Waals surface area contributed by atoms with E-state index >= 15 is 0 Å². The summed E-state index contributed by atoms with van der Waals surface area (Å²) < 4.78 is 0.